The molecule has 1 amide bonds. The molecule has 32 heavy (non-hydrogen) atoms. The Balaban J connectivity index is 1.46. The van der Waals surface area contributed by atoms with Gasteiger partial charge in [0.05, 0.1) is 33.4 Å². The SMILES string of the molecule is Cc1cnc(C)c(-c2ccc(NC(=O)C(C)(C)c3csc(NS(=O)(=O)C4CC4)n3)cc2)n1. The van der Waals surface area contributed by atoms with Crippen LogP contribution in [-0.4, -0.2) is 34.5 Å². The Kier molecular flexibility index (Phi) is 5.76. The predicted octanol–water partition coefficient (Wildman–Crippen LogP) is 4.04. The Morgan fingerprint density at radius 3 is 2.47 bits per heavy atom. The van der Waals surface area contributed by atoms with Gasteiger partial charge in [0.15, 0.2) is 5.13 Å². The number of rotatable bonds is 7. The van der Waals surface area contributed by atoms with E-state index in [2.05, 4.69) is 25.0 Å². The summed E-state index contributed by atoms with van der Waals surface area (Å²) >= 11 is 1.18. The van der Waals surface area contributed by atoms with Gasteiger partial charge in [0.1, 0.15) is 0 Å². The molecule has 4 rings (SSSR count). The molecule has 1 aromatic carbocycles. The summed E-state index contributed by atoms with van der Waals surface area (Å²) in [5.74, 6) is -0.237. The fourth-order valence-corrected chi connectivity index (χ4v) is 5.59. The summed E-state index contributed by atoms with van der Waals surface area (Å²) in [6.07, 6.45) is 3.09. The maximum Gasteiger partial charge on any atom is 0.237 e. The van der Waals surface area contributed by atoms with Gasteiger partial charge in [0.2, 0.25) is 15.9 Å². The lowest BCUT2D eigenvalue weighted by Crippen LogP contribution is -2.35. The number of nitrogens with one attached hydrogen (secondary N) is 2. The average Bonchev–Trinajstić information content (AvgIpc) is 3.51. The van der Waals surface area contributed by atoms with E-state index in [1.807, 2.05) is 38.1 Å². The number of sulfonamides is 1. The third kappa shape index (κ3) is 4.66. The maximum atomic E-state index is 13.0. The van der Waals surface area contributed by atoms with Crippen molar-refractivity contribution in [2.75, 3.05) is 10.0 Å². The minimum Gasteiger partial charge on any atom is -0.325 e. The number of hydrogen-bond donors (Lipinski definition) is 2. The van der Waals surface area contributed by atoms with Crippen LogP contribution in [0.4, 0.5) is 10.8 Å². The molecule has 2 aromatic heterocycles. The van der Waals surface area contributed by atoms with Gasteiger partial charge in [-0.3, -0.25) is 14.5 Å². The van der Waals surface area contributed by atoms with Gasteiger partial charge in [-0.25, -0.2) is 18.4 Å². The normalized spacial score (nSPS) is 14.2. The molecule has 2 heterocycles. The van der Waals surface area contributed by atoms with Crippen molar-refractivity contribution in [3.63, 3.8) is 0 Å². The topological polar surface area (TPSA) is 114 Å². The summed E-state index contributed by atoms with van der Waals surface area (Å²) in [5, 5.41) is 4.59. The van der Waals surface area contributed by atoms with Crippen LogP contribution in [0.25, 0.3) is 11.3 Å². The number of carbonyl (C=O) groups is 1. The van der Waals surface area contributed by atoms with Crippen molar-refractivity contribution in [2.24, 2.45) is 0 Å². The molecule has 2 N–H and O–H groups in total. The lowest BCUT2D eigenvalue weighted by atomic mass is 9.89. The lowest BCUT2D eigenvalue weighted by Gasteiger charge is -2.21. The van der Waals surface area contributed by atoms with E-state index in [1.165, 1.54) is 11.3 Å². The Bertz CT molecular complexity index is 1260. The van der Waals surface area contributed by atoms with Crippen LogP contribution < -0.4 is 10.0 Å². The summed E-state index contributed by atoms with van der Waals surface area (Å²) in [6, 6.07) is 7.44. The molecular formula is C22H25N5O3S2. The molecular weight excluding hydrogens is 446 g/mol. The zero-order valence-corrected chi connectivity index (χ0v) is 20.0. The fraction of sp³-hybridized carbons (Fsp3) is 0.364. The largest absolute Gasteiger partial charge is 0.325 e. The number of benzene rings is 1. The van der Waals surface area contributed by atoms with Crippen molar-refractivity contribution < 1.29 is 13.2 Å². The first kappa shape index (κ1) is 22.3. The van der Waals surface area contributed by atoms with Gasteiger partial charge >= 0.3 is 0 Å². The molecule has 1 aliphatic carbocycles. The number of hydrogen-bond acceptors (Lipinski definition) is 7. The van der Waals surface area contributed by atoms with E-state index in [4.69, 9.17) is 0 Å². The summed E-state index contributed by atoms with van der Waals surface area (Å²) < 4.78 is 26.8. The Morgan fingerprint density at radius 1 is 1.12 bits per heavy atom. The molecule has 0 unspecified atom stereocenters. The number of aromatic nitrogens is 3. The second-order valence-electron chi connectivity index (χ2n) is 8.49. The molecule has 0 saturated heterocycles. The Labute approximate surface area is 191 Å². The van der Waals surface area contributed by atoms with Crippen LogP contribution in [-0.2, 0) is 20.2 Å². The van der Waals surface area contributed by atoms with Crippen molar-refractivity contribution in [3.8, 4) is 11.3 Å². The zero-order valence-electron chi connectivity index (χ0n) is 18.3. The molecule has 0 aliphatic heterocycles. The molecule has 0 atom stereocenters. The van der Waals surface area contributed by atoms with E-state index in [9.17, 15) is 13.2 Å². The van der Waals surface area contributed by atoms with Crippen LogP contribution in [0, 0.1) is 13.8 Å². The second-order valence-corrected chi connectivity index (χ2v) is 11.3. The molecule has 1 fully saturated rings. The van der Waals surface area contributed by atoms with E-state index in [-0.39, 0.29) is 16.3 Å². The highest BCUT2D eigenvalue weighted by molar-refractivity contribution is 7.93. The lowest BCUT2D eigenvalue weighted by molar-refractivity contribution is -0.120. The highest BCUT2D eigenvalue weighted by Gasteiger charge is 2.37. The number of anilines is 2. The first-order valence-electron chi connectivity index (χ1n) is 10.3. The Hall–Kier alpha value is -2.85. The van der Waals surface area contributed by atoms with E-state index >= 15 is 0 Å². The minimum atomic E-state index is -3.39. The van der Waals surface area contributed by atoms with Gasteiger partial charge in [-0.1, -0.05) is 12.1 Å². The molecule has 10 heteroatoms. The predicted molar refractivity (Wildman–Crippen MR) is 126 cm³/mol. The van der Waals surface area contributed by atoms with Gasteiger partial charge in [-0.15, -0.1) is 11.3 Å². The number of amides is 1. The third-order valence-corrected chi connectivity index (χ3v) is 8.11. The van der Waals surface area contributed by atoms with Crippen LogP contribution in [0.5, 0.6) is 0 Å². The minimum absolute atomic E-state index is 0.237. The number of carbonyl (C=O) groups excluding carboxylic acids is 1. The first-order chi connectivity index (χ1) is 15.1. The van der Waals surface area contributed by atoms with Gasteiger partial charge in [-0.05, 0) is 52.7 Å². The van der Waals surface area contributed by atoms with Gasteiger partial charge < -0.3 is 5.32 Å². The number of thiazole rings is 1. The van der Waals surface area contributed by atoms with E-state index in [0.717, 1.165) is 22.6 Å². The summed E-state index contributed by atoms with van der Waals surface area (Å²) in [6.45, 7) is 7.33. The van der Waals surface area contributed by atoms with Gasteiger partial charge in [-0.2, -0.15) is 0 Å². The average molecular weight is 472 g/mol. The van der Waals surface area contributed by atoms with Crippen molar-refractivity contribution in [1.82, 2.24) is 15.0 Å². The molecule has 0 bridgehead atoms. The molecule has 168 valence electrons. The zero-order chi connectivity index (χ0) is 23.1. The molecule has 1 aliphatic rings. The summed E-state index contributed by atoms with van der Waals surface area (Å²) in [7, 11) is -3.39. The van der Waals surface area contributed by atoms with Crippen LogP contribution in [0.3, 0.4) is 0 Å². The van der Waals surface area contributed by atoms with Crippen LogP contribution in [0.1, 0.15) is 43.8 Å². The second kappa shape index (κ2) is 8.25. The molecule has 8 nitrogen and oxygen atoms in total. The maximum absolute atomic E-state index is 13.0. The number of aryl methyl sites for hydroxylation is 2. The Morgan fingerprint density at radius 2 is 1.81 bits per heavy atom. The van der Waals surface area contributed by atoms with Crippen molar-refractivity contribution in [3.05, 3.63) is 52.9 Å². The molecule has 3 aromatic rings. The summed E-state index contributed by atoms with van der Waals surface area (Å²) in [5.41, 5.74) is 3.62. The quantitative estimate of drug-likeness (QED) is 0.538. The van der Waals surface area contributed by atoms with E-state index in [1.54, 1.807) is 25.4 Å². The molecule has 0 spiro atoms. The molecule has 0 radical (unpaired) electrons. The highest BCUT2D eigenvalue weighted by atomic mass is 32.2. The van der Waals surface area contributed by atoms with Gasteiger partial charge in [0.25, 0.3) is 0 Å². The smallest absolute Gasteiger partial charge is 0.237 e. The number of nitrogens with zero attached hydrogens (tertiary/aromatic N) is 3. The fourth-order valence-electron chi connectivity index (χ4n) is 3.12. The van der Waals surface area contributed by atoms with Gasteiger partial charge in [0, 0.05) is 22.8 Å². The van der Waals surface area contributed by atoms with Crippen molar-refractivity contribution in [1.29, 1.82) is 0 Å². The van der Waals surface area contributed by atoms with E-state index in [0.29, 0.717) is 24.2 Å². The standard InChI is InChI=1S/C22H25N5O3S2/c1-13-11-23-14(2)19(24-13)15-5-7-16(8-6-15)25-20(28)22(3,4)18-12-31-21(26-18)27-32(29,30)17-9-10-17/h5-8,11-12,17H,9-10H2,1-4H3,(H,25,28)(H,26,27). The monoisotopic (exact) mass is 471 g/mol. The van der Waals surface area contributed by atoms with E-state index < -0.39 is 15.4 Å². The van der Waals surface area contributed by atoms with Crippen LogP contribution >= 0.6 is 11.3 Å². The van der Waals surface area contributed by atoms with Crippen LogP contribution in [0.15, 0.2) is 35.8 Å². The van der Waals surface area contributed by atoms with Crippen molar-refractivity contribution >= 4 is 38.1 Å². The van der Waals surface area contributed by atoms with Crippen LogP contribution in [0.2, 0.25) is 0 Å². The summed E-state index contributed by atoms with van der Waals surface area (Å²) in [4.78, 5) is 26.3. The van der Waals surface area contributed by atoms with Crippen molar-refractivity contribution in [2.45, 2.75) is 51.2 Å². The third-order valence-electron chi connectivity index (χ3n) is 5.40. The molecule has 1 saturated carbocycles. The first-order valence-corrected chi connectivity index (χ1v) is 12.7. The highest BCUT2D eigenvalue weighted by Crippen LogP contribution is 2.33.